The summed E-state index contributed by atoms with van der Waals surface area (Å²) >= 11 is 0. The first-order valence-corrected chi connectivity index (χ1v) is 17.1. The Morgan fingerprint density at radius 3 is 1.51 bits per heavy atom. The summed E-state index contributed by atoms with van der Waals surface area (Å²) in [7, 11) is 1.40. The maximum absolute atomic E-state index is 13.9. The van der Waals surface area contributed by atoms with Crippen LogP contribution in [0.3, 0.4) is 0 Å². The van der Waals surface area contributed by atoms with E-state index in [2.05, 4.69) is 11.8 Å². The number of carbonyl (C=O) groups excluding carboxylic acids is 6. The molecule has 0 radical (unpaired) electrons. The lowest BCUT2D eigenvalue weighted by Crippen LogP contribution is -2.29. The predicted molar refractivity (Wildman–Crippen MR) is 202 cm³/mol. The molecule has 10 nitrogen and oxygen atoms in total. The zero-order chi connectivity index (χ0) is 38.0. The number of imide groups is 3. The summed E-state index contributed by atoms with van der Waals surface area (Å²) in [5, 5.41) is 0. The quantitative estimate of drug-likeness (QED) is 0.135. The van der Waals surface area contributed by atoms with Crippen molar-refractivity contribution in [1.82, 2.24) is 4.90 Å². The highest BCUT2D eigenvalue weighted by atomic mass is 16.5. The molecule has 6 aromatic carbocycles. The number of rotatable bonds is 5. The molecule has 10 heteroatoms. The normalized spacial score (nSPS) is 14.2. The summed E-state index contributed by atoms with van der Waals surface area (Å²) < 4.78 is 6.02. The van der Waals surface area contributed by atoms with Gasteiger partial charge in [-0.05, 0) is 102 Å². The van der Waals surface area contributed by atoms with Crippen molar-refractivity contribution >= 4 is 46.8 Å². The van der Waals surface area contributed by atoms with Gasteiger partial charge in [0.2, 0.25) is 0 Å². The van der Waals surface area contributed by atoms with Gasteiger partial charge in [0.05, 0.1) is 44.8 Å². The molecular formula is C45H25N3O7. The first-order chi connectivity index (χ1) is 26.7. The molecule has 0 unspecified atom stereocenters. The van der Waals surface area contributed by atoms with Crippen LogP contribution in [0, 0.1) is 11.8 Å². The van der Waals surface area contributed by atoms with Crippen molar-refractivity contribution in [3.05, 3.63) is 178 Å². The Morgan fingerprint density at radius 2 is 0.891 bits per heavy atom. The van der Waals surface area contributed by atoms with Crippen LogP contribution in [0.15, 0.2) is 133 Å². The molecule has 0 saturated heterocycles. The summed E-state index contributed by atoms with van der Waals surface area (Å²) in [5.41, 5.74) is 4.26. The van der Waals surface area contributed by atoms with Gasteiger partial charge in [-0.1, -0.05) is 54.3 Å². The van der Waals surface area contributed by atoms with Crippen LogP contribution in [0.5, 0.6) is 11.5 Å². The van der Waals surface area contributed by atoms with E-state index in [9.17, 15) is 28.8 Å². The van der Waals surface area contributed by atoms with E-state index in [-0.39, 0.29) is 27.8 Å². The third-order valence-electron chi connectivity index (χ3n) is 9.76. The second-order valence-corrected chi connectivity index (χ2v) is 13.0. The Labute approximate surface area is 313 Å². The Kier molecular flexibility index (Phi) is 7.58. The lowest BCUT2D eigenvalue weighted by molar-refractivity contribution is 0.0691. The number of ether oxygens (including phenoxy) is 1. The van der Waals surface area contributed by atoms with E-state index < -0.39 is 35.4 Å². The van der Waals surface area contributed by atoms with Gasteiger partial charge < -0.3 is 4.74 Å². The lowest BCUT2D eigenvalue weighted by Gasteiger charge is -2.16. The number of anilines is 2. The van der Waals surface area contributed by atoms with Gasteiger partial charge in [-0.25, -0.2) is 9.80 Å². The van der Waals surface area contributed by atoms with Crippen LogP contribution < -0.4 is 14.5 Å². The molecule has 3 aliphatic heterocycles. The van der Waals surface area contributed by atoms with E-state index in [1.54, 1.807) is 103 Å². The molecule has 9 rings (SSSR count). The third kappa shape index (κ3) is 5.30. The monoisotopic (exact) mass is 719 g/mol. The molecule has 6 aromatic rings. The van der Waals surface area contributed by atoms with Crippen molar-refractivity contribution in [3.8, 4) is 34.5 Å². The van der Waals surface area contributed by atoms with Gasteiger partial charge in [0, 0.05) is 18.2 Å². The molecule has 6 amide bonds. The number of nitrogens with zero attached hydrogens (tertiary/aromatic N) is 3. The molecule has 0 atom stereocenters. The molecule has 0 fully saturated rings. The number of amides is 6. The largest absolute Gasteiger partial charge is 0.457 e. The van der Waals surface area contributed by atoms with E-state index in [0.717, 1.165) is 20.3 Å². The maximum atomic E-state index is 13.9. The number of hydrogen-bond acceptors (Lipinski definition) is 7. The van der Waals surface area contributed by atoms with Crippen LogP contribution in [-0.4, -0.2) is 47.4 Å². The second-order valence-electron chi connectivity index (χ2n) is 13.0. The molecule has 0 spiro atoms. The fourth-order valence-corrected chi connectivity index (χ4v) is 7.05. The van der Waals surface area contributed by atoms with Crippen molar-refractivity contribution in [1.29, 1.82) is 0 Å². The van der Waals surface area contributed by atoms with Crippen LogP contribution in [0.4, 0.5) is 11.4 Å². The molecule has 0 N–H and O–H groups in total. The fraction of sp³-hybridized carbons (Fsp3) is 0.0222. The maximum Gasteiger partial charge on any atom is 0.266 e. The lowest BCUT2D eigenvalue weighted by atomic mass is 9.91. The number of hydrogen-bond donors (Lipinski definition) is 0. The minimum atomic E-state index is -0.563. The Morgan fingerprint density at radius 1 is 0.400 bits per heavy atom. The van der Waals surface area contributed by atoms with Gasteiger partial charge in [-0.15, -0.1) is 0 Å². The summed E-state index contributed by atoms with van der Waals surface area (Å²) in [6, 6.07) is 37.1. The molecule has 262 valence electrons. The molecule has 55 heavy (non-hydrogen) atoms. The van der Waals surface area contributed by atoms with Crippen LogP contribution in [0.2, 0.25) is 0 Å². The van der Waals surface area contributed by atoms with E-state index >= 15 is 0 Å². The highest BCUT2D eigenvalue weighted by Gasteiger charge is 2.41. The zero-order valence-corrected chi connectivity index (χ0v) is 28.9. The van der Waals surface area contributed by atoms with Crippen LogP contribution in [-0.2, 0) is 0 Å². The zero-order valence-electron chi connectivity index (χ0n) is 28.9. The molecule has 3 heterocycles. The minimum Gasteiger partial charge on any atom is -0.457 e. The van der Waals surface area contributed by atoms with Gasteiger partial charge in [0.1, 0.15) is 11.5 Å². The van der Waals surface area contributed by atoms with Gasteiger partial charge >= 0.3 is 0 Å². The van der Waals surface area contributed by atoms with E-state index in [1.165, 1.54) is 7.05 Å². The third-order valence-corrected chi connectivity index (χ3v) is 9.76. The van der Waals surface area contributed by atoms with Crippen LogP contribution in [0.1, 0.15) is 73.3 Å². The van der Waals surface area contributed by atoms with Crippen molar-refractivity contribution in [2.45, 2.75) is 0 Å². The highest BCUT2D eigenvalue weighted by Crippen LogP contribution is 2.40. The molecular weight excluding hydrogens is 695 g/mol. The smallest absolute Gasteiger partial charge is 0.266 e. The van der Waals surface area contributed by atoms with Crippen molar-refractivity contribution in [2.24, 2.45) is 0 Å². The number of carbonyl (C=O) groups is 6. The predicted octanol–water partition coefficient (Wildman–Crippen LogP) is 7.37. The number of fused-ring (bicyclic) bond motifs is 3. The molecule has 0 aromatic heterocycles. The van der Waals surface area contributed by atoms with Gasteiger partial charge in [0.25, 0.3) is 35.4 Å². The Balaban J connectivity index is 0.912. The molecule has 0 bridgehead atoms. The topological polar surface area (TPSA) is 121 Å². The van der Waals surface area contributed by atoms with Gasteiger partial charge in [-0.3, -0.25) is 33.7 Å². The summed E-state index contributed by atoms with van der Waals surface area (Å²) in [4.78, 5) is 83.0. The van der Waals surface area contributed by atoms with Crippen LogP contribution in [0.25, 0.3) is 11.1 Å². The van der Waals surface area contributed by atoms with Crippen molar-refractivity contribution in [3.63, 3.8) is 0 Å². The highest BCUT2D eigenvalue weighted by molar-refractivity contribution is 6.37. The van der Waals surface area contributed by atoms with Crippen molar-refractivity contribution in [2.75, 3.05) is 16.8 Å². The standard InChI is InChI=1S/C45H25N3O7/c1-46-40(49)35-11-5-9-32(38(35)44(46)53)33-10-6-12-36-39(33)45(54)48(42(36)51)29-18-22-31(23-19-29)55-30-20-16-28(17-21-30)47-41(50)34-24-15-27(25-37(34)43(47)52)14-13-26-7-3-2-4-8-26/h2-12,15-25H,1H3. The second kappa shape index (κ2) is 12.6. The first-order valence-electron chi connectivity index (χ1n) is 17.1. The Hall–Kier alpha value is -7.90. The number of benzene rings is 6. The summed E-state index contributed by atoms with van der Waals surface area (Å²) in [6.45, 7) is 0. The van der Waals surface area contributed by atoms with Crippen LogP contribution >= 0.6 is 0 Å². The minimum absolute atomic E-state index is 0.145. The molecule has 0 aliphatic carbocycles. The average Bonchev–Trinajstić information content (AvgIpc) is 3.72. The Bertz CT molecular complexity index is 2760. The average molecular weight is 720 g/mol. The van der Waals surface area contributed by atoms with Gasteiger partial charge in [-0.2, -0.15) is 0 Å². The van der Waals surface area contributed by atoms with E-state index in [1.807, 2.05) is 30.3 Å². The van der Waals surface area contributed by atoms with E-state index in [4.69, 9.17) is 4.74 Å². The summed E-state index contributed by atoms with van der Waals surface area (Å²) in [5.74, 6) is 4.07. The molecule has 3 aliphatic rings. The first kappa shape index (κ1) is 33.0. The van der Waals surface area contributed by atoms with Crippen molar-refractivity contribution < 1.29 is 33.5 Å². The van der Waals surface area contributed by atoms with Gasteiger partial charge in [0.15, 0.2) is 0 Å². The fourth-order valence-electron chi connectivity index (χ4n) is 7.05. The summed E-state index contributed by atoms with van der Waals surface area (Å²) in [6.07, 6.45) is 0. The molecule has 0 saturated carbocycles. The SMILES string of the molecule is CN1C(=O)c2cccc(-c3cccc4c3C(=O)N(c3ccc(Oc5ccc(N6C(=O)c7ccc(C#Cc8ccccc8)cc7C6=O)cc5)cc3)C4=O)c2C1=O. The van der Waals surface area contributed by atoms with E-state index in [0.29, 0.717) is 45.1 Å².